The number of halogens is 3. The molecule has 2 aliphatic heterocycles. The summed E-state index contributed by atoms with van der Waals surface area (Å²) in [4.78, 5) is 12.9. The molecule has 0 aliphatic carbocycles. The van der Waals surface area contributed by atoms with Crippen LogP contribution in [-0.4, -0.2) is 83.1 Å². The van der Waals surface area contributed by atoms with Gasteiger partial charge in [-0.15, -0.1) is 5.10 Å². The van der Waals surface area contributed by atoms with Gasteiger partial charge in [-0.05, 0) is 24.3 Å². The number of aromatic amines is 1. The molecule has 39 heavy (non-hydrogen) atoms. The SMILES string of the molecule is OC[C@H]1O[C@H](CC2CC(c3ccc4[nH]cnc4c3)=NO2)[C@H](O)[C@@H](n2cc(-c3cc(F)c(F)c(F)c3)nn2)[C@H]1O. The minimum absolute atomic E-state index is 0.0122. The summed E-state index contributed by atoms with van der Waals surface area (Å²) in [6, 6.07) is 6.08. The number of rotatable bonds is 6. The number of hydrogen-bond donors (Lipinski definition) is 4. The lowest BCUT2D eigenvalue weighted by atomic mass is 9.89. The number of aliphatic hydroxyl groups is 3. The Hall–Kier alpha value is -3.85. The molecule has 1 fully saturated rings. The molecule has 2 aliphatic rings. The Bertz CT molecular complexity index is 1520. The highest BCUT2D eigenvalue weighted by atomic mass is 19.2. The average Bonchev–Trinajstić information content (AvgIpc) is 3.69. The Morgan fingerprint density at radius 2 is 1.79 bits per heavy atom. The van der Waals surface area contributed by atoms with E-state index in [9.17, 15) is 28.5 Å². The van der Waals surface area contributed by atoms with Crippen molar-refractivity contribution in [3.8, 4) is 11.3 Å². The largest absolute Gasteiger partial charge is 0.394 e. The van der Waals surface area contributed by atoms with Crippen molar-refractivity contribution in [3.05, 3.63) is 65.9 Å². The normalized spacial score (nSPS) is 27.1. The molecule has 0 amide bonds. The molecule has 6 atom stereocenters. The summed E-state index contributed by atoms with van der Waals surface area (Å²) in [7, 11) is 0. The number of H-pyrrole nitrogens is 1. The number of aliphatic hydroxyl groups excluding tert-OH is 3. The van der Waals surface area contributed by atoms with Crippen molar-refractivity contribution >= 4 is 16.7 Å². The molecule has 4 heterocycles. The van der Waals surface area contributed by atoms with E-state index >= 15 is 0 Å². The van der Waals surface area contributed by atoms with E-state index in [0.717, 1.165) is 33.4 Å². The van der Waals surface area contributed by atoms with E-state index in [1.165, 1.54) is 6.20 Å². The molecular weight excluding hydrogens is 521 g/mol. The van der Waals surface area contributed by atoms with Gasteiger partial charge < -0.3 is 29.9 Å². The van der Waals surface area contributed by atoms with Gasteiger partial charge in [0.1, 0.15) is 36.2 Å². The standard InChI is InChI=1S/C25H23F3N6O5/c26-14-3-12(4-15(27)22(14)28)19-8-34(33-31-19)23-24(36)20(38-21(9-35)25(23)37)7-13-6-17(32-39-13)11-1-2-16-18(5-11)30-10-29-16/h1-5,8,10,13,20-21,23-25,35-37H,6-7,9H2,(H,29,30)/t13?,20-,21-,23-,24+,25+/m1/s1. The fourth-order valence-corrected chi connectivity index (χ4v) is 5.04. The molecule has 0 spiro atoms. The third kappa shape index (κ3) is 4.65. The van der Waals surface area contributed by atoms with Crippen molar-refractivity contribution in [2.75, 3.05) is 6.61 Å². The summed E-state index contributed by atoms with van der Waals surface area (Å²) < 4.78 is 47.8. The van der Waals surface area contributed by atoms with Crippen molar-refractivity contribution in [1.82, 2.24) is 25.0 Å². The molecule has 1 saturated heterocycles. The number of aromatic nitrogens is 5. The first kappa shape index (κ1) is 25.4. The summed E-state index contributed by atoms with van der Waals surface area (Å²) in [5.41, 5.74) is 3.12. The molecular formula is C25H23F3N6O5. The number of ether oxygens (including phenoxy) is 1. The second kappa shape index (κ2) is 10.0. The van der Waals surface area contributed by atoms with Crippen molar-refractivity contribution < 1.29 is 38.1 Å². The van der Waals surface area contributed by atoms with Crippen LogP contribution in [0.1, 0.15) is 24.4 Å². The van der Waals surface area contributed by atoms with Gasteiger partial charge in [0, 0.05) is 24.0 Å². The lowest BCUT2D eigenvalue weighted by molar-refractivity contribution is -0.212. The predicted octanol–water partition coefficient (Wildman–Crippen LogP) is 1.84. The highest BCUT2D eigenvalue weighted by Crippen LogP contribution is 2.34. The second-order valence-corrected chi connectivity index (χ2v) is 9.54. The van der Waals surface area contributed by atoms with Crippen LogP contribution in [0, 0.1) is 17.5 Å². The third-order valence-electron chi connectivity index (χ3n) is 7.07. The van der Waals surface area contributed by atoms with Crippen molar-refractivity contribution in [2.45, 2.75) is 49.4 Å². The van der Waals surface area contributed by atoms with E-state index in [-0.39, 0.29) is 17.7 Å². The zero-order valence-electron chi connectivity index (χ0n) is 20.2. The van der Waals surface area contributed by atoms with Crippen LogP contribution >= 0.6 is 0 Å². The number of nitrogens with zero attached hydrogens (tertiary/aromatic N) is 5. The first-order valence-electron chi connectivity index (χ1n) is 12.2. The van der Waals surface area contributed by atoms with Crippen LogP contribution in [0.3, 0.4) is 0 Å². The van der Waals surface area contributed by atoms with Crippen LogP contribution in [0.25, 0.3) is 22.3 Å². The predicted molar refractivity (Wildman–Crippen MR) is 129 cm³/mol. The van der Waals surface area contributed by atoms with Crippen LogP contribution in [0.2, 0.25) is 0 Å². The van der Waals surface area contributed by atoms with Gasteiger partial charge in [-0.1, -0.05) is 16.4 Å². The Balaban J connectivity index is 1.19. The van der Waals surface area contributed by atoms with Gasteiger partial charge >= 0.3 is 0 Å². The Morgan fingerprint density at radius 1 is 1.03 bits per heavy atom. The van der Waals surface area contributed by atoms with E-state index in [4.69, 9.17) is 9.57 Å². The Morgan fingerprint density at radius 3 is 2.56 bits per heavy atom. The van der Waals surface area contributed by atoms with Crippen LogP contribution in [0.15, 0.2) is 48.0 Å². The summed E-state index contributed by atoms with van der Waals surface area (Å²) in [5.74, 6) is -4.40. The number of benzene rings is 2. The summed E-state index contributed by atoms with van der Waals surface area (Å²) in [6.45, 7) is -0.548. The zero-order valence-corrected chi connectivity index (χ0v) is 20.2. The van der Waals surface area contributed by atoms with E-state index in [2.05, 4.69) is 25.4 Å². The van der Waals surface area contributed by atoms with Crippen LogP contribution in [-0.2, 0) is 9.57 Å². The van der Waals surface area contributed by atoms with Gasteiger partial charge in [0.05, 0.1) is 42.0 Å². The molecule has 2 aromatic carbocycles. The van der Waals surface area contributed by atoms with Gasteiger partial charge in [0.15, 0.2) is 17.5 Å². The first-order chi connectivity index (χ1) is 18.8. The zero-order chi connectivity index (χ0) is 27.3. The van der Waals surface area contributed by atoms with Crippen LogP contribution < -0.4 is 0 Å². The third-order valence-corrected chi connectivity index (χ3v) is 7.07. The van der Waals surface area contributed by atoms with Crippen LogP contribution in [0.4, 0.5) is 13.2 Å². The van der Waals surface area contributed by atoms with Gasteiger partial charge in [-0.25, -0.2) is 22.8 Å². The molecule has 11 nitrogen and oxygen atoms in total. The molecule has 1 unspecified atom stereocenters. The molecule has 6 rings (SSSR count). The number of fused-ring (bicyclic) bond motifs is 1. The molecule has 204 valence electrons. The maximum absolute atomic E-state index is 13.7. The molecule has 14 heteroatoms. The maximum Gasteiger partial charge on any atom is 0.194 e. The quantitative estimate of drug-likeness (QED) is 0.269. The first-order valence-corrected chi connectivity index (χ1v) is 12.2. The summed E-state index contributed by atoms with van der Waals surface area (Å²) in [6.07, 6.45) is -1.68. The number of hydrogen-bond acceptors (Lipinski definition) is 9. The van der Waals surface area contributed by atoms with Crippen molar-refractivity contribution in [1.29, 1.82) is 0 Å². The van der Waals surface area contributed by atoms with E-state index < -0.39 is 60.6 Å². The van der Waals surface area contributed by atoms with Gasteiger partial charge in [-0.2, -0.15) is 0 Å². The maximum atomic E-state index is 13.7. The topological polar surface area (TPSA) is 151 Å². The number of imidazole rings is 1. The molecule has 0 radical (unpaired) electrons. The minimum Gasteiger partial charge on any atom is -0.394 e. The lowest BCUT2D eigenvalue weighted by Gasteiger charge is -2.42. The van der Waals surface area contributed by atoms with Crippen molar-refractivity contribution in [2.24, 2.45) is 5.16 Å². The lowest BCUT2D eigenvalue weighted by Crippen LogP contribution is -2.56. The smallest absolute Gasteiger partial charge is 0.194 e. The Labute approximate surface area is 218 Å². The molecule has 4 aromatic rings. The van der Waals surface area contributed by atoms with Gasteiger partial charge in [0.25, 0.3) is 0 Å². The van der Waals surface area contributed by atoms with E-state index in [1.54, 1.807) is 6.33 Å². The summed E-state index contributed by atoms with van der Waals surface area (Å²) >= 11 is 0. The highest BCUT2D eigenvalue weighted by Gasteiger charge is 2.47. The second-order valence-electron chi connectivity index (χ2n) is 9.54. The minimum atomic E-state index is -1.61. The molecule has 0 saturated carbocycles. The number of nitrogens with one attached hydrogen (secondary N) is 1. The van der Waals surface area contributed by atoms with Crippen LogP contribution in [0.5, 0.6) is 0 Å². The van der Waals surface area contributed by atoms with E-state index in [1.807, 2.05) is 18.2 Å². The summed E-state index contributed by atoms with van der Waals surface area (Å²) in [5, 5.41) is 43.8. The van der Waals surface area contributed by atoms with E-state index in [0.29, 0.717) is 12.1 Å². The van der Waals surface area contributed by atoms with Gasteiger partial charge in [0.2, 0.25) is 0 Å². The average molecular weight is 544 g/mol. The fraction of sp³-hybridized carbons (Fsp3) is 0.360. The fourth-order valence-electron chi connectivity index (χ4n) is 5.04. The molecule has 0 bridgehead atoms. The van der Waals surface area contributed by atoms with Crippen molar-refractivity contribution in [3.63, 3.8) is 0 Å². The monoisotopic (exact) mass is 544 g/mol. The number of oxime groups is 1. The Kier molecular flexibility index (Phi) is 6.54. The van der Waals surface area contributed by atoms with Gasteiger partial charge in [-0.3, -0.25) is 0 Å². The molecule has 2 aromatic heterocycles. The highest BCUT2D eigenvalue weighted by molar-refractivity contribution is 6.03. The molecule has 4 N–H and O–H groups in total.